The number of dihydropyridines is 1. The first-order chi connectivity index (χ1) is 50.3. The van der Waals surface area contributed by atoms with E-state index in [4.69, 9.17) is 29.4 Å². The molecule has 12 aliphatic rings. The number of rotatable bonds is 10. The zero-order valence-corrected chi connectivity index (χ0v) is 61.1. The van der Waals surface area contributed by atoms with Crippen molar-refractivity contribution in [3.63, 3.8) is 0 Å². The zero-order chi connectivity index (χ0) is 70.4. The number of esters is 1. The van der Waals surface area contributed by atoms with Gasteiger partial charge >= 0.3 is 5.97 Å². The van der Waals surface area contributed by atoms with Gasteiger partial charge in [-0.3, -0.25) is 4.79 Å². The first-order valence-corrected chi connectivity index (χ1v) is 40.7. The van der Waals surface area contributed by atoms with Crippen molar-refractivity contribution in [1.82, 2.24) is 16.0 Å². The van der Waals surface area contributed by atoms with E-state index in [0.29, 0.717) is 104 Å². The van der Waals surface area contributed by atoms with Crippen LogP contribution in [0.15, 0.2) is 102 Å². The van der Waals surface area contributed by atoms with Crippen LogP contribution in [0.5, 0.6) is 28.7 Å². The summed E-state index contributed by atoms with van der Waals surface area (Å²) >= 11 is 0. The van der Waals surface area contributed by atoms with E-state index in [1.54, 1.807) is 13.2 Å². The number of nitrogens with one attached hydrogen (secondary N) is 3. The second-order valence-corrected chi connectivity index (χ2v) is 34.5. The molecule has 12 bridgehead atoms. The third-order valence-electron chi connectivity index (χ3n) is 26.3. The van der Waals surface area contributed by atoms with E-state index in [2.05, 4.69) is 125 Å². The smallest absolute Gasteiger partial charge is 0.302 e. The summed E-state index contributed by atoms with van der Waals surface area (Å²) in [6, 6.07) is 25.2. The number of carbonyl (C=O) groups excluding carboxylic acids is 1. The van der Waals surface area contributed by atoms with Gasteiger partial charge in [0.05, 0.1) is 41.8 Å². The van der Waals surface area contributed by atoms with Crippen molar-refractivity contribution in [2.45, 2.75) is 206 Å². The molecule has 6 aliphatic carbocycles. The Morgan fingerprint density at radius 2 is 1.77 bits per heavy atom. The van der Waals surface area contributed by atoms with Gasteiger partial charge in [0.25, 0.3) is 0 Å². The number of phenols is 2. The van der Waals surface area contributed by atoms with Crippen LogP contribution in [-0.4, -0.2) is 113 Å². The average molecular weight is 1430 g/mol. The number of carbonyl (C=O) groups is 1. The van der Waals surface area contributed by atoms with Gasteiger partial charge in [-0.2, -0.15) is 0 Å². The fraction of sp³-hybridized carbons (Fsp3) is 0.523. The van der Waals surface area contributed by atoms with Gasteiger partial charge in [-0.1, -0.05) is 144 Å². The molecule has 3 saturated carbocycles. The number of benzene rings is 5. The number of hydrogen-bond acceptors (Lipinski definition) is 17. The third-order valence-corrected chi connectivity index (χ3v) is 29.3. The van der Waals surface area contributed by atoms with E-state index in [0.717, 1.165) is 114 Å². The molecule has 0 radical (unpaired) electrons. The molecule has 18 atom stereocenters. The summed E-state index contributed by atoms with van der Waals surface area (Å²) in [4.78, 5) is 13.7. The maximum atomic E-state index is 14.4. The number of aromatic hydroxyl groups is 2. The highest BCUT2D eigenvalue weighted by Gasteiger charge is 2.59. The predicted octanol–water partition coefficient (Wildman–Crippen LogP) is 12.7. The molecule has 5 aromatic rings. The largest absolute Gasteiger partial charge is 0.508 e. The molecular weight excluding hydrogens is 1330 g/mol. The van der Waals surface area contributed by atoms with Crippen molar-refractivity contribution in [1.29, 1.82) is 0 Å². The zero-order valence-electron chi connectivity index (χ0n) is 59.4. The molecule has 4 fully saturated rings. The van der Waals surface area contributed by atoms with Crippen molar-refractivity contribution in [2.75, 3.05) is 39.5 Å². The molecule has 103 heavy (non-hydrogen) atoms. The molecule has 1 saturated heterocycles. The van der Waals surface area contributed by atoms with Crippen LogP contribution in [0.1, 0.15) is 183 Å². The first kappa shape index (κ1) is 69.2. The Bertz CT molecular complexity index is 4380. The molecule has 15 nitrogen and oxygen atoms in total. The molecule has 0 amide bonds. The Morgan fingerprint density at radius 3 is 2.59 bits per heavy atom. The second-order valence-electron chi connectivity index (χ2n) is 31.9. The van der Waals surface area contributed by atoms with Gasteiger partial charge in [0, 0.05) is 119 Å². The summed E-state index contributed by atoms with van der Waals surface area (Å²) in [6.07, 6.45) is 18.5. The second kappa shape index (κ2) is 28.4. The molecule has 5 aromatic carbocycles. The van der Waals surface area contributed by atoms with Gasteiger partial charge in [0.2, 0.25) is 0 Å². The Labute approximate surface area is 613 Å². The van der Waals surface area contributed by atoms with Gasteiger partial charge in [-0.05, 0) is 170 Å². The Kier molecular flexibility index (Phi) is 19.1. The molecular formula is C86H98N4O11S2. The Balaban J connectivity index is 1.02. The van der Waals surface area contributed by atoms with Gasteiger partial charge < -0.3 is 70.9 Å². The molecule has 10 N–H and O–H groups in total. The molecule has 1 unspecified atom stereocenters. The average Bonchev–Trinajstić information content (AvgIpc) is 1.60. The van der Waals surface area contributed by atoms with Crippen molar-refractivity contribution >= 4 is 33.6 Å². The topological polar surface area (TPSA) is 226 Å². The standard InChI is InChI=1S/C86H98N4O11S2/c1-4-50-37-63-69(90-84(50)87)27-22-52-19-20-53-34-55-35-57-23-21-51(55)15-11-17-68(65(42-91)66(53)43-97-3)88-41-64-75(52)76(62-26-28-70-83(101-82(62)79(64)96)72(33-48-12-6-5-7-13-48)103-102-45-49-14-10-16-58(32-49)89-70)80-67(44-98-47(2)93)60-24-25-61-74-56(36-59(94)38-71(74)99-46-92)40-85(78(61)81(60)100-80)31-29-54(39-85)77(63)86(57)30-9-8-18-73(86)95/h5-7,12-13,21,23-26,28,35-38,49,52-54,58,65-68,70,72-73,77,80,83-84,88-92,94-96H,4,8-11,14-18,29-34,39-46,87H2,1-3H3/t49-,52+,53-,54+,58-,65-,66-,67+,68+,70-,72+,73+,77-,80+,83-,84?,85-,86+/m1/s1. The lowest BCUT2D eigenvalue weighted by Gasteiger charge is -2.52. The van der Waals surface area contributed by atoms with Crippen molar-refractivity contribution < 1.29 is 54.0 Å². The maximum absolute atomic E-state index is 14.4. The summed E-state index contributed by atoms with van der Waals surface area (Å²) in [5.74, 6) is 15.4. The summed E-state index contributed by atoms with van der Waals surface area (Å²) in [5, 5.41) is 75.0. The minimum Gasteiger partial charge on any atom is -0.508 e. The monoisotopic (exact) mass is 1430 g/mol. The molecule has 0 aromatic heterocycles. The lowest BCUT2D eigenvalue weighted by Crippen LogP contribution is -2.53. The highest BCUT2D eigenvalue weighted by Crippen LogP contribution is 2.67. The van der Waals surface area contributed by atoms with Crippen molar-refractivity contribution in [3.8, 4) is 63.6 Å². The number of nitrogens with two attached hydrogens (primary N) is 1. The quantitative estimate of drug-likeness (QED) is 0.0274. The van der Waals surface area contributed by atoms with Crippen LogP contribution in [0.25, 0.3) is 17.2 Å². The summed E-state index contributed by atoms with van der Waals surface area (Å²) in [6.45, 7) is 3.26. The number of allylic oxidation sites excluding steroid dienone is 3. The fourth-order valence-corrected chi connectivity index (χ4v) is 24.9. The number of methoxy groups -OCH3 is 1. The molecule has 17 heteroatoms. The van der Waals surface area contributed by atoms with Crippen LogP contribution in [0.2, 0.25) is 0 Å². The van der Waals surface area contributed by atoms with Crippen LogP contribution in [-0.2, 0) is 57.3 Å². The van der Waals surface area contributed by atoms with Gasteiger partial charge in [-0.15, -0.1) is 0 Å². The number of aryl methyl sites for hydroxylation is 1. The van der Waals surface area contributed by atoms with E-state index < -0.39 is 59.9 Å². The van der Waals surface area contributed by atoms with Gasteiger partial charge in [0.15, 0.2) is 18.3 Å². The summed E-state index contributed by atoms with van der Waals surface area (Å²) < 4.78 is 35.2. The van der Waals surface area contributed by atoms with Crippen LogP contribution in [0.4, 0.5) is 0 Å². The van der Waals surface area contributed by atoms with Crippen LogP contribution in [0, 0.1) is 59.2 Å². The van der Waals surface area contributed by atoms with Gasteiger partial charge in [0.1, 0.15) is 42.0 Å². The minimum absolute atomic E-state index is 0.0234. The van der Waals surface area contributed by atoms with E-state index in [1.165, 1.54) is 30.0 Å². The van der Waals surface area contributed by atoms with Crippen LogP contribution < -0.4 is 35.9 Å². The third kappa shape index (κ3) is 12.2. The summed E-state index contributed by atoms with van der Waals surface area (Å²) in [5.41, 5.74) is 20.3. The lowest BCUT2D eigenvalue weighted by molar-refractivity contribution is -0.141. The number of hydrogen-bond donors (Lipinski definition) is 9. The van der Waals surface area contributed by atoms with E-state index in [9.17, 15) is 30.3 Å². The van der Waals surface area contributed by atoms with Crippen LogP contribution in [0.3, 0.4) is 0 Å². The van der Waals surface area contributed by atoms with Crippen molar-refractivity contribution in [3.05, 3.63) is 163 Å². The summed E-state index contributed by atoms with van der Waals surface area (Å²) in [7, 11) is 5.58. The van der Waals surface area contributed by atoms with Crippen LogP contribution >= 0.6 is 21.6 Å². The Morgan fingerprint density at radius 1 is 0.883 bits per heavy atom. The highest BCUT2D eigenvalue weighted by molar-refractivity contribution is 8.77. The normalized spacial score (nSPS) is 33.4. The first-order valence-electron chi connectivity index (χ1n) is 38.3. The van der Waals surface area contributed by atoms with E-state index >= 15 is 0 Å². The van der Waals surface area contributed by atoms with Crippen molar-refractivity contribution in [2.24, 2.45) is 41.2 Å². The van der Waals surface area contributed by atoms with Gasteiger partial charge in [-0.25, -0.2) is 0 Å². The number of phenolic OH excluding ortho intramolecular Hbond substituents is 2. The molecule has 2 spiro atoms. The minimum atomic E-state index is -0.957. The molecule has 17 rings (SSSR count). The maximum Gasteiger partial charge on any atom is 0.302 e. The number of aliphatic hydroxyl groups excluding tert-OH is 3. The highest BCUT2D eigenvalue weighted by atomic mass is 33.1. The Hall–Kier alpha value is -6.87. The number of ether oxygens (including phenoxy) is 5. The van der Waals surface area contributed by atoms with E-state index in [1.807, 2.05) is 27.7 Å². The number of fused-ring (bicyclic) bond motifs is 16. The predicted molar refractivity (Wildman–Crippen MR) is 403 cm³/mol. The molecule has 540 valence electrons. The molecule has 6 aliphatic heterocycles. The fourth-order valence-electron chi connectivity index (χ4n) is 21.7. The van der Waals surface area contributed by atoms with E-state index in [-0.39, 0.29) is 84.2 Å². The lowest BCUT2D eigenvalue weighted by atomic mass is 9.53. The number of aliphatic hydroxyl groups is 3. The SMILES string of the molecule is CCC1=CC2=C(C#C[C@@H]3C#C[C@@H]4Cc5cc6ccc5CCC[C@H](NCc5c(O)c7c(c(c53)[C@H]3Oc5c(ccc8c5[C@@]5(CC[C@@H](C5)[C@H]2[C@@]62CCCC[C@@H]2O)Cc2cc(O)cc(OCO)c2-8)[C@@H]3COC(C)=O)C=C[C@H]2N[C@@H]3CCC[C@@H](CSS[C@@H](Cc5ccccc5)[C@@H]2O7)C3)[C@H](CO)[C@@H]4COC)NC1N. The molecule has 6 heterocycles.